The number of amides is 1. The van der Waals surface area contributed by atoms with Crippen molar-refractivity contribution >= 4 is 17.5 Å². The van der Waals surface area contributed by atoms with Crippen molar-refractivity contribution in [3.05, 3.63) is 0 Å². The molecule has 132 valence electrons. The highest BCUT2D eigenvalue weighted by Gasteiger charge is 2.40. The molecule has 0 radical (unpaired) electrons. The van der Waals surface area contributed by atoms with Gasteiger partial charge >= 0.3 is 0 Å². The molecule has 0 bridgehead atoms. The van der Waals surface area contributed by atoms with Crippen molar-refractivity contribution in [2.45, 2.75) is 37.1 Å². The molecule has 0 spiro atoms. The summed E-state index contributed by atoms with van der Waals surface area (Å²) in [5.41, 5.74) is 6.30. The molecule has 3 rings (SSSR count). The Bertz CT molecular complexity index is 413. The fraction of sp³-hybridized carbons (Fsp3) is 0.941. The van der Waals surface area contributed by atoms with Crippen molar-refractivity contribution in [1.82, 2.24) is 15.1 Å². The van der Waals surface area contributed by atoms with Gasteiger partial charge in [-0.1, -0.05) is 0 Å². The Balaban J connectivity index is 1.54. The Morgan fingerprint density at radius 1 is 1.13 bits per heavy atom. The third-order valence-electron chi connectivity index (χ3n) is 6.12. The van der Waals surface area contributed by atoms with Gasteiger partial charge in [-0.05, 0) is 51.1 Å². The van der Waals surface area contributed by atoms with Crippen LogP contribution in [0.2, 0.25) is 0 Å². The zero-order valence-corrected chi connectivity index (χ0v) is 15.0. The molecule has 5 nitrogen and oxygen atoms in total. The largest absolute Gasteiger partial charge is 0.340 e. The van der Waals surface area contributed by atoms with E-state index in [2.05, 4.69) is 17.3 Å². The van der Waals surface area contributed by atoms with Gasteiger partial charge in [0, 0.05) is 50.1 Å². The maximum atomic E-state index is 12.8. The first-order valence-electron chi connectivity index (χ1n) is 9.14. The fourth-order valence-corrected chi connectivity index (χ4v) is 5.09. The maximum Gasteiger partial charge on any atom is 0.225 e. The number of alkyl halides is 1. The molecule has 3 N–H and O–H groups in total. The molecule has 6 heteroatoms. The molecule has 0 aromatic carbocycles. The number of piperidine rings is 1. The van der Waals surface area contributed by atoms with Gasteiger partial charge in [-0.2, -0.15) is 0 Å². The lowest BCUT2D eigenvalue weighted by Crippen LogP contribution is -2.52. The molecule has 3 fully saturated rings. The number of nitrogens with one attached hydrogen (secondary N) is 1. The lowest BCUT2D eigenvalue weighted by atomic mass is 9.71. The Morgan fingerprint density at radius 3 is 2.52 bits per heavy atom. The monoisotopic (exact) mass is 342 g/mol. The van der Waals surface area contributed by atoms with Crippen molar-refractivity contribution in [2.75, 3.05) is 46.3 Å². The lowest BCUT2D eigenvalue weighted by molar-refractivity contribution is -0.138. The van der Waals surface area contributed by atoms with E-state index in [1.807, 2.05) is 4.90 Å². The van der Waals surface area contributed by atoms with Crippen LogP contribution >= 0.6 is 11.6 Å². The highest BCUT2D eigenvalue weighted by molar-refractivity contribution is 6.21. The van der Waals surface area contributed by atoms with Gasteiger partial charge in [-0.15, -0.1) is 11.6 Å². The molecule has 5 atom stereocenters. The summed E-state index contributed by atoms with van der Waals surface area (Å²) in [4.78, 5) is 17.1. The van der Waals surface area contributed by atoms with Gasteiger partial charge in [0.15, 0.2) is 0 Å². The zero-order chi connectivity index (χ0) is 16.4. The molecule has 23 heavy (non-hydrogen) atoms. The highest BCUT2D eigenvalue weighted by Crippen LogP contribution is 2.40. The third-order valence-corrected chi connectivity index (χ3v) is 6.62. The summed E-state index contributed by atoms with van der Waals surface area (Å²) in [6.45, 7) is 5.63. The number of hydrogen-bond acceptors (Lipinski definition) is 4. The van der Waals surface area contributed by atoms with Gasteiger partial charge in [0.1, 0.15) is 0 Å². The minimum Gasteiger partial charge on any atom is -0.340 e. The summed E-state index contributed by atoms with van der Waals surface area (Å²) < 4.78 is 0. The number of carbonyl (C=O) groups excluding carboxylic acids is 1. The first-order valence-corrected chi connectivity index (χ1v) is 9.57. The summed E-state index contributed by atoms with van der Waals surface area (Å²) in [5.74, 6) is 1.44. The SMILES string of the molecule is CN1CCN(C(=O)C2CCC(C3CCNCC3N)C(Cl)C2)CC1. The molecule has 3 aliphatic rings. The fourth-order valence-electron chi connectivity index (χ4n) is 4.57. The van der Waals surface area contributed by atoms with Gasteiger partial charge in [-0.3, -0.25) is 4.79 Å². The van der Waals surface area contributed by atoms with Crippen molar-refractivity contribution in [3.8, 4) is 0 Å². The van der Waals surface area contributed by atoms with E-state index in [0.717, 1.165) is 65.0 Å². The standard InChI is InChI=1S/C17H31ClN4O/c1-21-6-8-22(9-7-21)17(23)12-2-3-13(15(18)10-12)14-4-5-20-11-16(14)19/h12-16,20H,2-11,19H2,1H3. The number of nitrogens with zero attached hydrogens (tertiary/aromatic N) is 2. The average Bonchev–Trinajstić information content (AvgIpc) is 2.56. The van der Waals surface area contributed by atoms with Crippen LogP contribution in [0.1, 0.15) is 25.7 Å². The second-order valence-electron chi connectivity index (χ2n) is 7.64. The number of nitrogens with two attached hydrogens (primary N) is 1. The van der Waals surface area contributed by atoms with E-state index in [1.165, 1.54) is 0 Å². The predicted molar refractivity (Wildman–Crippen MR) is 93.5 cm³/mol. The van der Waals surface area contributed by atoms with Crippen LogP contribution in [-0.2, 0) is 4.79 Å². The van der Waals surface area contributed by atoms with Crippen LogP contribution in [0.3, 0.4) is 0 Å². The Morgan fingerprint density at radius 2 is 1.87 bits per heavy atom. The smallest absolute Gasteiger partial charge is 0.225 e. The lowest BCUT2D eigenvalue weighted by Gasteiger charge is -2.43. The average molecular weight is 343 g/mol. The summed E-state index contributed by atoms with van der Waals surface area (Å²) in [6.07, 6.45) is 3.98. The first-order chi connectivity index (χ1) is 11.1. The van der Waals surface area contributed by atoms with Gasteiger partial charge < -0.3 is 20.9 Å². The summed E-state index contributed by atoms with van der Waals surface area (Å²) >= 11 is 6.73. The molecular formula is C17H31ClN4O. The molecule has 2 heterocycles. The second-order valence-corrected chi connectivity index (χ2v) is 8.20. The normalized spacial score (nSPS) is 40.1. The Labute approximate surface area is 144 Å². The van der Waals surface area contributed by atoms with Crippen LogP contribution in [0.5, 0.6) is 0 Å². The number of rotatable bonds is 2. The molecule has 0 aromatic rings. The van der Waals surface area contributed by atoms with Crippen LogP contribution in [0, 0.1) is 17.8 Å². The van der Waals surface area contributed by atoms with E-state index in [1.54, 1.807) is 0 Å². The molecular weight excluding hydrogens is 312 g/mol. The van der Waals surface area contributed by atoms with Crippen LogP contribution in [0.25, 0.3) is 0 Å². The van der Waals surface area contributed by atoms with E-state index < -0.39 is 0 Å². The van der Waals surface area contributed by atoms with Crippen LogP contribution < -0.4 is 11.1 Å². The second kappa shape index (κ2) is 7.68. The van der Waals surface area contributed by atoms with Crippen LogP contribution in [0.15, 0.2) is 0 Å². The molecule has 2 aliphatic heterocycles. The van der Waals surface area contributed by atoms with Gasteiger partial charge in [0.25, 0.3) is 0 Å². The van der Waals surface area contributed by atoms with Crippen molar-refractivity contribution in [1.29, 1.82) is 0 Å². The van der Waals surface area contributed by atoms with Crippen molar-refractivity contribution in [3.63, 3.8) is 0 Å². The number of likely N-dealkylation sites (N-methyl/N-ethyl adjacent to an activating group) is 1. The molecule has 5 unspecified atom stereocenters. The quantitative estimate of drug-likeness (QED) is 0.726. The predicted octanol–water partition coefficient (Wildman–Crippen LogP) is 0.721. The Kier molecular flexibility index (Phi) is 5.83. The maximum absolute atomic E-state index is 12.8. The molecule has 1 aliphatic carbocycles. The topological polar surface area (TPSA) is 61.6 Å². The molecule has 1 saturated carbocycles. The van der Waals surface area contributed by atoms with Crippen molar-refractivity contribution in [2.24, 2.45) is 23.5 Å². The van der Waals surface area contributed by atoms with Gasteiger partial charge in [0.2, 0.25) is 5.91 Å². The summed E-state index contributed by atoms with van der Waals surface area (Å²) in [6, 6.07) is 0.208. The molecule has 2 saturated heterocycles. The number of halogens is 1. The van der Waals surface area contributed by atoms with Gasteiger partial charge in [0.05, 0.1) is 0 Å². The number of carbonyl (C=O) groups is 1. The van der Waals surface area contributed by atoms with Gasteiger partial charge in [-0.25, -0.2) is 0 Å². The molecule has 0 aromatic heterocycles. The third kappa shape index (κ3) is 4.01. The minimum atomic E-state index is 0.0966. The van der Waals surface area contributed by atoms with Crippen LogP contribution in [0.4, 0.5) is 0 Å². The summed E-state index contributed by atoms with van der Waals surface area (Å²) in [5, 5.41) is 3.46. The van der Waals surface area contributed by atoms with E-state index >= 15 is 0 Å². The number of piperazine rings is 1. The number of hydrogen-bond donors (Lipinski definition) is 2. The zero-order valence-electron chi connectivity index (χ0n) is 14.2. The minimum absolute atomic E-state index is 0.0966. The molecule has 1 amide bonds. The Hall–Kier alpha value is -0.360. The summed E-state index contributed by atoms with van der Waals surface area (Å²) in [7, 11) is 2.12. The first kappa shape index (κ1) is 17.5. The van der Waals surface area contributed by atoms with Crippen molar-refractivity contribution < 1.29 is 4.79 Å². The highest BCUT2D eigenvalue weighted by atomic mass is 35.5. The van der Waals surface area contributed by atoms with E-state index in [9.17, 15) is 4.79 Å². The van der Waals surface area contributed by atoms with E-state index in [-0.39, 0.29) is 17.3 Å². The van der Waals surface area contributed by atoms with E-state index in [4.69, 9.17) is 17.3 Å². The van der Waals surface area contributed by atoms with E-state index in [0.29, 0.717) is 17.7 Å². The van der Waals surface area contributed by atoms with Crippen LogP contribution in [-0.4, -0.2) is 73.4 Å².